The summed E-state index contributed by atoms with van der Waals surface area (Å²) in [4.78, 5) is 11.8. The van der Waals surface area contributed by atoms with Gasteiger partial charge in [0.05, 0.1) is 6.54 Å². The lowest BCUT2D eigenvalue weighted by molar-refractivity contribution is 0.247. The highest BCUT2D eigenvalue weighted by Gasteiger charge is 2.04. The van der Waals surface area contributed by atoms with E-state index in [-0.39, 0.29) is 6.03 Å². The summed E-state index contributed by atoms with van der Waals surface area (Å²) >= 11 is 5.80. The second kappa shape index (κ2) is 7.88. The van der Waals surface area contributed by atoms with Gasteiger partial charge >= 0.3 is 6.03 Å². The number of carbonyl (C=O) groups excluding carboxylic acids is 1. The first kappa shape index (κ1) is 17.2. The van der Waals surface area contributed by atoms with Crippen LogP contribution in [0.2, 0.25) is 5.02 Å². The molecule has 0 aliphatic heterocycles. The average molecular weight is 333 g/mol. The number of ether oxygens (including phenoxy) is 1. The third-order valence-electron chi connectivity index (χ3n) is 3.54. The Morgan fingerprint density at radius 2 is 1.70 bits per heavy atom. The minimum absolute atomic E-state index is 0.271. The summed E-state index contributed by atoms with van der Waals surface area (Å²) in [6.07, 6.45) is 0. The van der Waals surface area contributed by atoms with E-state index in [4.69, 9.17) is 16.3 Å². The molecule has 4 nitrogen and oxygen atoms in total. The van der Waals surface area contributed by atoms with Gasteiger partial charge in [-0.15, -0.1) is 0 Å². The van der Waals surface area contributed by atoms with Crippen molar-refractivity contribution in [2.45, 2.75) is 20.8 Å². The van der Waals surface area contributed by atoms with Crippen LogP contribution in [0.25, 0.3) is 0 Å². The van der Waals surface area contributed by atoms with E-state index in [1.165, 1.54) is 11.1 Å². The summed E-state index contributed by atoms with van der Waals surface area (Å²) in [5, 5.41) is 6.12. The van der Waals surface area contributed by atoms with E-state index in [2.05, 4.69) is 30.5 Å². The van der Waals surface area contributed by atoms with Gasteiger partial charge in [0, 0.05) is 10.7 Å². The maximum Gasteiger partial charge on any atom is 0.319 e. The zero-order valence-electron chi connectivity index (χ0n) is 13.6. The van der Waals surface area contributed by atoms with Gasteiger partial charge in [0.25, 0.3) is 0 Å². The lowest BCUT2D eigenvalue weighted by Gasteiger charge is -2.12. The predicted molar refractivity (Wildman–Crippen MR) is 94.6 cm³/mol. The second-order valence-electron chi connectivity index (χ2n) is 5.44. The molecule has 0 heterocycles. The molecule has 0 bridgehead atoms. The van der Waals surface area contributed by atoms with Crippen LogP contribution < -0.4 is 15.4 Å². The molecule has 0 saturated carbocycles. The minimum atomic E-state index is -0.271. The SMILES string of the molecule is Cc1cc(C)c(OCCNC(=O)Nc2ccc(Cl)cc2)cc1C. The highest BCUT2D eigenvalue weighted by molar-refractivity contribution is 6.30. The summed E-state index contributed by atoms with van der Waals surface area (Å²) in [6.45, 7) is 6.99. The van der Waals surface area contributed by atoms with E-state index in [9.17, 15) is 4.79 Å². The van der Waals surface area contributed by atoms with Gasteiger partial charge in [-0.1, -0.05) is 17.7 Å². The Balaban J connectivity index is 1.76. The Bertz CT molecular complexity index is 684. The number of halogens is 1. The first-order valence-electron chi connectivity index (χ1n) is 7.47. The number of benzene rings is 2. The number of carbonyl (C=O) groups is 1. The maximum absolute atomic E-state index is 11.8. The van der Waals surface area contributed by atoms with E-state index < -0.39 is 0 Å². The van der Waals surface area contributed by atoms with Crippen molar-refractivity contribution in [3.05, 3.63) is 58.1 Å². The number of amides is 2. The topological polar surface area (TPSA) is 50.4 Å². The summed E-state index contributed by atoms with van der Waals surface area (Å²) in [5.41, 5.74) is 4.23. The molecule has 2 aromatic rings. The molecule has 0 fully saturated rings. The van der Waals surface area contributed by atoms with Crippen LogP contribution in [0.15, 0.2) is 36.4 Å². The Hall–Kier alpha value is -2.20. The van der Waals surface area contributed by atoms with E-state index in [0.29, 0.717) is 23.9 Å². The summed E-state index contributed by atoms with van der Waals surface area (Å²) in [7, 11) is 0. The normalized spacial score (nSPS) is 10.3. The lowest BCUT2D eigenvalue weighted by atomic mass is 10.1. The Morgan fingerprint density at radius 3 is 2.39 bits per heavy atom. The minimum Gasteiger partial charge on any atom is -0.491 e. The van der Waals surface area contributed by atoms with E-state index in [1.807, 2.05) is 13.0 Å². The quantitative estimate of drug-likeness (QED) is 0.794. The van der Waals surface area contributed by atoms with Gasteiger partial charge in [-0.3, -0.25) is 0 Å². The van der Waals surface area contributed by atoms with Gasteiger partial charge in [-0.25, -0.2) is 4.79 Å². The van der Waals surface area contributed by atoms with Crippen LogP contribution in [0.5, 0.6) is 5.75 Å². The summed E-state index contributed by atoms with van der Waals surface area (Å²) in [5.74, 6) is 0.855. The molecule has 2 amide bonds. The summed E-state index contributed by atoms with van der Waals surface area (Å²) < 4.78 is 5.73. The molecule has 0 radical (unpaired) electrons. The van der Waals surface area contributed by atoms with Crippen LogP contribution in [0.1, 0.15) is 16.7 Å². The van der Waals surface area contributed by atoms with Gasteiger partial charge < -0.3 is 15.4 Å². The fraction of sp³-hybridized carbons (Fsp3) is 0.278. The number of nitrogens with one attached hydrogen (secondary N) is 2. The van der Waals surface area contributed by atoms with Gasteiger partial charge in [-0.05, 0) is 67.8 Å². The molecular weight excluding hydrogens is 312 g/mol. The Morgan fingerprint density at radius 1 is 1.04 bits per heavy atom. The van der Waals surface area contributed by atoms with Crippen molar-refractivity contribution < 1.29 is 9.53 Å². The largest absolute Gasteiger partial charge is 0.491 e. The molecular formula is C18H21ClN2O2. The number of rotatable bonds is 5. The maximum atomic E-state index is 11.8. The molecule has 0 aliphatic carbocycles. The number of aryl methyl sites for hydroxylation is 3. The molecule has 2 aromatic carbocycles. The molecule has 122 valence electrons. The van der Waals surface area contributed by atoms with Crippen molar-refractivity contribution in [3.63, 3.8) is 0 Å². The smallest absolute Gasteiger partial charge is 0.319 e. The number of urea groups is 1. The second-order valence-corrected chi connectivity index (χ2v) is 5.87. The van der Waals surface area contributed by atoms with Crippen LogP contribution in [-0.2, 0) is 0 Å². The fourth-order valence-corrected chi connectivity index (χ4v) is 2.25. The van der Waals surface area contributed by atoms with Crippen LogP contribution in [-0.4, -0.2) is 19.2 Å². The zero-order valence-corrected chi connectivity index (χ0v) is 14.3. The molecule has 0 aromatic heterocycles. The van der Waals surface area contributed by atoms with Gasteiger partial charge in [-0.2, -0.15) is 0 Å². The van der Waals surface area contributed by atoms with E-state index >= 15 is 0 Å². The first-order valence-corrected chi connectivity index (χ1v) is 7.84. The molecule has 0 aliphatic rings. The van der Waals surface area contributed by atoms with Crippen LogP contribution in [0.4, 0.5) is 10.5 Å². The van der Waals surface area contributed by atoms with Crippen molar-refractivity contribution in [1.29, 1.82) is 0 Å². The molecule has 2 rings (SSSR count). The molecule has 0 spiro atoms. The first-order chi connectivity index (χ1) is 11.0. The molecule has 2 N–H and O–H groups in total. The molecule has 0 atom stereocenters. The third-order valence-corrected chi connectivity index (χ3v) is 3.79. The van der Waals surface area contributed by atoms with Gasteiger partial charge in [0.2, 0.25) is 0 Å². The molecule has 0 unspecified atom stereocenters. The highest BCUT2D eigenvalue weighted by Crippen LogP contribution is 2.22. The fourth-order valence-electron chi connectivity index (χ4n) is 2.12. The van der Waals surface area contributed by atoms with Crippen molar-refractivity contribution in [2.24, 2.45) is 0 Å². The number of anilines is 1. The van der Waals surface area contributed by atoms with Gasteiger partial charge in [0.15, 0.2) is 0 Å². The van der Waals surface area contributed by atoms with E-state index in [0.717, 1.165) is 11.3 Å². The number of hydrogen-bond donors (Lipinski definition) is 2. The standard InChI is InChI=1S/C18H21ClN2O2/c1-12-10-14(3)17(11-13(12)2)23-9-8-20-18(22)21-16-6-4-15(19)5-7-16/h4-7,10-11H,8-9H2,1-3H3,(H2,20,21,22). The van der Waals surface area contributed by atoms with Crippen molar-refractivity contribution in [2.75, 3.05) is 18.5 Å². The Kier molecular flexibility index (Phi) is 5.88. The van der Waals surface area contributed by atoms with Crippen molar-refractivity contribution in [3.8, 4) is 5.75 Å². The summed E-state index contributed by atoms with van der Waals surface area (Å²) in [6, 6.07) is 10.8. The molecule has 23 heavy (non-hydrogen) atoms. The van der Waals surface area contributed by atoms with Crippen molar-refractivity contribution in [1.82, 2.24) is 5.32 Å². The number of hydrogen-bond acceptors (Lipinski definition) is 2. The highest BCUT2D eigenvalue weighted by atomic mass is 35.5. The zero-order chi connectivity index (χ0) is 16.8. The van der Waals surface area contributed by atoms with Crippen LogP contribution in [0.3, 0.4) is 0 Å². The van der Waals surface area contributed by atoms with Crippen molar-refractivity contribution >= 4 is 23.3 Å². The van der Waals surface area contributed by atoms with Gasteiger partial charge in [0.1, 0.15) is 12.4 Å². The predicted octanol–water partition coefficient (Wildman–Crippen LogP) is 4.47. The monoisotopic (exact) mass is 332 g/mol. The average Bonchev–Trinajstić information content (AvgIpc) is 2.51. The van der Waals surface area contributed by atoms with Crippen LogP contribution >= 0.6 is 11.6 Å². The van der Waals surface area contributed by atoms with Crippen LogP contribution in [0, 0.1) is 20.8 Å². The third kappa shape index (κ3) is 5.18. The van der Waals surface area contributed by atoms with E-state index in [1.54, 1.807) is 24.3 Å². The molecule has 5 heteroatoms. The molecule has 0 saturated heterocycles. The Labute approximate surface area is 141 Å². The lowest BCUT2D eigenvalue weighted by Crippen LogP contribution is -2.32.